The number of aryl methyl sites for hydroxylation is 3. The molecule has 3 aliphatic heterocycles. The predicted octanol–water partition coefficient (Wildman–Crippen LogP) is 7.45. The number of hydrogen-bond donors (Lipinski definition) is 2. The van der Waals surface area contributed by atoms with Crippen molar-refractivity contribution in [2.24, 2.45) is 5.92 Å². The Morgan fingerprint density at radius 3 is 2.73 bits per heavy atom. The van der Waals surface area contributed by atoms with E-state index in [0.717, 1.165) is 62.7 Å². The lowest BCUT2D eigenvalue weighted by molar-refractivity contribution is 0.0637. The Morgan fingerprint density at radius 2 is 1.92 bits per heavy atom. The van der Waals surface area contributed by atoms with Crippen molar-refractivity contribution in [2.45, 2.75) is 50.1 Å². The minimum Gasteiger partial charge on any atom is -0.388 e. The molecule has 2 N–H and O–H groups in total. The predicted molar refractivity (Wildman–Crippen MR) is 184 cm³/mol. The van der Waals surface area contributed by atoms with Crippen LogP contribution in [-0.2, 0) is 24.8 Å². The van der Waals surface area contributed by atoms with E-state index in [1.54, 1.807) is 29.7 Å². The minimum atomic E-state index is -0.691. The van der Waals surface area contributed by atoms with Gasteiger partial charge in [0.1, 0.15) is 11.6 Å². The number of nitrogens with one attached hydrogen (secondary N) is 2. The number of pyridine rings is 2. The van der Waals surface area contributed by atoms with Gasteiger partial charge >= 0.3 is 5.76 Å². The summed E-state index contributed by atoms with van der Waals surface area (Å²) in [6, 6.07) is 16.6. The van der Waals surface area contributed by atoms with Crippen LogP contribution < -0.4 is 11.1 Å². The fraction of sp³-hybridized carbons (Fsp3) is 0.270. The molecule has 2 aromatic carbocycles. The van der Waals surface area contributed by atoms with Gasteiger partial charge in [0.2, 0.25) is 0 Å². The second-order valence-corrected chi connectivity index (χ2v) is 15.1. The van der Waals surface area contributed by atoms with Crippen molar-refractivity contribution in [3.8, 4) is 21.9 Å². The molecule has 4 aromatic heterocycles. The molecule has 49 heavy (non-hydrogen) atoms. The van der Waals surface area contributed by atoms with Gasteiger partial charge in [-0.15, -0.1) is 16.4 Å². The quantitative estimate of drug-likeness (QED) is 0.179. The van der Waals surface area contributed by atoms with Crippen molar-refractivity contribution in [1.29, 1.82) is 0 Å². The van der Waals surface area contributed by atoms with E-state index in [-0.39, 0.29) is 23.7 Å². The Kier molecular flexibility index (Phi) is 6.27. The summed E-state index contributed by atoms with van der Waals surface area (Å²) in [4.78, 5) is 39.6. The van der Waals surface area contributed by atoms with Crippen LogP contribution in [0.25, 0.3) is 32.0 Å². The first-order valence-corrected chi connectivity index (χ1v) is 17.7. The summed E-state index contributed by atoms with van der Waals surface area (Å²) < 4.78 is 20.3. The molecule has 2 aliphatic carbocycles. The number of nitrogens with zero attached hydrogens (tertiary/aromatic N) is 4. The summed E-state index contributed by atoms with van der Waals surface area (Å²) in [7, 11) is 0. The Morgan fingerprint density at radius 1 is 1.06 bits per heavy atom. The summed E-state index contributed by atoms with van der Waals surface area (Å²) in [6.45, 7) is 0.713. The molecule has 11 rings (SSSR count). The number of benzene rings is 2. The fourth-order valence-corrected chi connectivity index (χ4v) is 9.95. The number of halogens is 2. The topological polar surface area (TPSA) is 117 Å². The van der Waals surface area contributed by atoms with Crippen LogP contribution in [0.1, 0.15) is 63.7 Å². The number of amides is 1. The maximum Gasteiger partial charge on any atom is 0.434 e. The Hall–Kier alpha value is -4.87. The van der Waals surface area contributed by atoms with Crippen molar-refractivity contribution >= 4 is 44.7 Å². The number of rotatable bonds is 7. The molecule has 0 radical (unpaired) electrons. The summed E-state index contributed by atoms with van der Waals surface area (Å²) in [6.07, 6.45) is 6.48. The molecule has 1 spiro atoms. The lowest BCUT2D eigenvalue weighted by Gasteiger charge is -2.37. The molecule has 12 heteroatoms. The summed E-state index contributed by atoms with van der Waals surface area (Å²) in [5.41, 5.74) is 6.24. The molecule has 7 heterocycles. The first-order chi connectivity index (χ1) is 23.8. The van der Waals surface area contributed by atoms with Gasteiger partial charge in [0.05, 0.1) is 38.8 Å². The van der Waals surface area contributed by atoms with Crippen LogP contribution in [0.4, 0.5) is 10.2 Å². The van der Waals surface area contributed by atoms with Gasteiger partial charge in [0.15, 0.2) is 0 Å². The molecule has 1 atom stereocenters. The maximum atomic E-state index is 14.4. The number of aromatic amines is 1. The van der Waals surface area contributed by atoms with E-state index >= 15 is 0 Å². The van der Waals surface area contributed by atoms with Crippen LogP contribution in [0.2, 0.25) is 5.02 Å². The average molecular weight is 691 g/mol. The molecule has 1 amide bonds. The first-order valence-electron chi connectivity index (χ1n) is 16.5. The summed E-state index contributed by atoms with van der Waals surface area (Å²) in [5.74, 6) is 0.302. The standard InChI is InChI=1S/C37H28ClFN6O3S/c38-22-5-8-24-20(13-22)4-10-25(24)42-33-31-21(11-12-40-33)14-27(49-31)29-28(34-43-44-36(47)48-34)26(9-3-18-1-6-23(39)7-2-18)41-32-30(29)35(46)45-17-19-15-37(32,45)16-19/h1-2,5-8,11-14,19,25H,3-4,9-10,15-17H2,(H,40,42)(H,44,47). The minimum absolute atomic E-state index is 0.0446. The van der Waals surface area contributed by atoms with Gasteiger partial charge in [0.25, 0.3) is 11.8 Å². The van der Waals surface area contributed by atoms with Gasteiger partial charge in [-0.05, 0) is 103 Å². The number of aromatic nitrogens is 4. The normalized spacial score (nSPS) is 21.6. The zero-order valence-corrected chi connectivity index (χ0v) is 27.6. The third kappa shape index (κ3) is 4.38. The molecule has 5 aliphatic rings. The zero-order valence-electron chi connectivity index (χ0n) is 26.1. The largest absolute Gasteiger partial charge is 0.434 e. The van der Waals surface area contributed by atoms with Gasteiger partial charge in [-0.2, -0.15) is 0 Å². The number of carbonyl (C=O) groups is 1. The number of H-pyrrole nitrogens is 1. The Balaban J connectivity index is 1.15. The molecule has 2 saturated heterocycles. The van der Waals surface area contributed by atoms with Gasteiger partial charge in [0, 0.05) is 28.2 Å². The average Bonchev–Trinajstić information content (AvgIpc) is 3.93. The molecular formula is C37H28ClFN6O3S. The van der Waals surface area contributed by atoms with Crippen molar-refractivity contribution in [2.75, 3.05) is 11.9 Å². The van der Waals surface area contributed by atoms with E-state index < -0.39 is 11.3 Å². The monoisotopic (exact) mass is 690 g/mol. The molecule has 6 aromatic rings. The van der Waals surface area contributed by atoms with Crippen LogP contribution in [0.3, 0.4) is 0 Å². The molecule has 9 nitrogen and oxygen atoms in total. The van der Waals surface area contributed by atoms with Crippen molar-refractivity contribution in [3.05, 3.63) is 116 Å². The van der Waals surface area contributed by atoms with Crippen LogP contribution in [0.15, 0.2) is 70.0 Å². The number of carbonyl (C=O) groups excluding carboxylic acids is 1. The number of anilines is 1. The third-order valence-electron chi connectivity index (χ3n) is 10.8. The summed E-state index contributed by atoms with van der Waals surface area (Å²) >= 11 is 7.83. The second-order valence-electron chi connectivity index (χ2n) is 13.6. The van der Waals surface area contributed by atoms with Crippen LogP contribution >= 0.6 is 22.9 Å². The van der Waals surface area contributed by atoms with E-state index in [2.05, 4.69) is 27.6 Å². The highest BCUT2D eigenvalue weighted by molar-refractivity contribution is 7.23. The fourth-order valence-electron chi connectivity index (χ4n) is 8.59. The second kappa shape index (κ2) is 10.6. The Labute approximate surface area is 288 Å². The third-order valence-corrected chi connectivity index (χ3v) is 12.2. The van der Waals surface area contributed by atoms with Crippen molar-refractivity contribution in [3.63, 3.8) is 0 Å². The number of fused-ring (bicyclic) bond motifs is 3. The van der Waals surface area contributed by atoms with Crippen molar-refractivity contribution in [1.82, 2.24) is 25.1 Å². The SMILES string of the molecule is O=C1c2c(nc(CCc3ccc(F)cc3)c(-c3n[nH]c(=O)o3)c2-c2cc3ccnc(NC4CCc5cc(Cl)ccc54)c3s2)C23CC(CN12)C3. The van der Waals surface area contributed by atoms with E-state index in [0.29, 0.717) is 47.7 Å². The summed E-state index contributed by atoms with van der Waals surface area (Å²) in [5, 5.41) is 12.1. The highest BCUT2D eigenvalue weighted by atomic mass is 35.5. The molecule has 3 fully saturated rings. The lowest BCUT2D eigenvalue weighted by Crippen LogP contribution is -2.40. The molecule has 244 valence electrons. The molecule has 1 saturated carbocycles. The highest BCUT2D eigenvalue weighted by Crippen LogP contribution is 2.63. The molecule has 2 bridgehead atoms. The molecular weight excluding hydrogens is 663 g/mol. The van der Waals surface area contributed by atoms with Gasteiger partial charge in [-0.1, -0.05) is 29.8 Å². The van der Waals surface area contributed by atoms with Gasteiger partial charge in [-0.25, -0.2) is 19.3 Å². The van der Waals surface area contributed by atoms with E-state index in [1.165, 1.54) is 23.3 Å². The van der Waals surface area contributed by atoms with Crippen LogP contribution in [0, 0.1) is 11.7 Å². The number of thiophene rings is 1. The maximum absolute atomic E-state index is 14.4. The lowest BCUT2D eigenvalue weighted by atomic mass is 9.71. The number of hydrogen-bond acceptors (Lipinski definition) is 8. The smallest absolute Gasteiger partial charge is 0.388 e. The van der Waals surface area contributed by atoms with Crippen molar-refractivity contribution < 1.29 is 13.6 Å². The van der Waals surface area contributed by atoms with E-state index in [9.17, 15) is 14.0 Å². The van der Waals surface area contributed by atoms with Gasteiger partial charge in [-0.3, -0.25) is 9.78 Å². The zero-order chi connectivity index (χ0) is 33.0. The molecule has 1 unspecified atom stereocenters. The van der Waals surface area contributed by atoms with Gasteiger partial charge < -0.3 is 14.6 Å². The van der Waals surface area contributed by atoms with E-state index in [1.807, 2.05) is 23.1 Å². The van der Waals surface area contributed by atoms with E-state index in [4.69, 9.17) is 26.0 Å². The van der Waals surface area contributed by atoms with Crippen LogP contribution in [0.5, 0.6) is 0 Å². The van der Waals surface area contributed by atoms with Crippen LogP contribution in [-0.4, -0.2) is 37.5 Å². The first kappa shape index (κ1) is 29.1. The Bertz CT molecular complexity index is 2410. The highest BCUT2D eigenvalue weighted by Gasteiger charge is 2.65.